The van der Waals surface area contributed by atoms with E-state index in [9.17, 15) is 0 Å². The molecule has 2 aromatic rings. The maximum Gasteiger partial charge on any atom is 0.414 e. The largest absolute Gasteiger partial charge is 0.473 e. The van der Waals surface area contributed by atoms with Crippen molar-refractivity contribution in [1.82, 2.24) is 9.80 Å². The Labute approximate surface area is 187 Å². The van der Waals surface area contributed by atoms with E-state index in [4.69, 9.17) is 29.3 Å². The summed E-state index contributed by atoms with van der Waals surface area (Å²) in [5.74, 6) is -1.91. The summed E-state index contributed by atoms with van der Waals surface area (Å²) in [4.78, 5) is 25.4. The van der Waals surface area contributed by atoms with Gasteiger partial charge in [-0.1, -0.05) is 18.2 Å². The second-order valence-corrected chi connectivity index (χ2v) is 7.91. The zero-order valence-corrected chi connectivity index (χ0v) is 18.4. The summed E-state index contributed by atoms with van der Waals surface area (Å²) in [6, 6.07) is 15.2. The molecular formula is C23H29N3O6. The van der Waals surface area contributed by atoms with E-state index in [1.54, 1.807) is 0 Å². The van der Waals surface area contributed by atoms with Crippen LogP contribution in [-0.2, 0) is 22.7 Å². The fourth-order valence-electron chi connectivity index (χ4n) is 3.56. The smallest absolute Gasteiger partial charge is 0.414 e. The average molecular weight is 444 g/mol. The molecule has 0 amide bonds. The van der Waals surface area contributed by atoms with Gasteiger partial charge in [-0.05, 0) is 35.4 Å². The zero-order chi connectivity index (χ0) is 23.1. The standard InChI is InChI=1S/C21H27N3O2.C2H2O4/c1-22(2)19-6-3-17(4-7-19)14-23-9-11-24(12-10-23)15-18-5-8-20-21(13-18)26-16-25-20;3-1(4)2(5)6/h3-8,13H,9-12,14-16H2,1-2H3;(H,3,4)(H,5,6). The summed E-state index contributed by atoms with van der Waals surface area (Å²) in [5.41, 5.74) is 3.93. The van der Waals surface area contributed by atoms with Crippen molar-refractivity contribution in [2.75, 3.05) is 52.0 Å². The van der Waals surface area contributed by atoms with Crippen LogP contribution in [0.4, 0.5) is 5.69 Å². The third-order valence-electron chi connectivity index (χ3n) is 5.35. The molecule has 0 bridgehead atoms. The van der Waals surface area contributed by atoms with Crippen LogP contribution in [0.1, 0.15) is 11.1 Å². The molecule has 9 nitrogen and oxygen atoms in total. The van der Waals surface area contributed by atoms with Gasteiger partial charge in [0.05, 0.1) is 0 Å². The lowest BCUT2D eigenvalue weighted by molar-refractivity contribution is -0.159. The Morgan fingerprint density at radius 1 is 0.812 bits per heavy atom. The first-order valence-electron chi connectivity index (χ1n) is 10.4. The van der Waals surface area contributed by atoms with Crippen LogP contribution < -0.4 is 14.4 Å². The third kappa shape index (κ3) is 6.60. The molecule has 32 heavy (non-hydrogen) atoms. The van der Waals surface area contributed by atoms with E-state index in [0.29, 0.717) is 6.79 Å². The predicted molar refractivity (Wildman–Crippen MR) is 119 cm³/mol. The topological polar surface area (TPSA) is 103 Å². The number of anilines is 1. The minimum Gasteiger partial charge on any atom is -0.473 e. The van der Waals surface area contributed by atoms with Gasteiger partial charge in [-0.2, -0.15) is 0 Å². The van der Waals surface area contributed by atoms with Gasteiger partial charge in [0.25, 0.3) is 0 Å². The van der Waals surface area contributed by atoms with E-state index in [1.165, 1.54) is 16.8 Å². The Bertz CT molecular complexity index is 912. The molecule has 2 aliphatic heterocycles. The van der Waals surface area contributed by atoms with Gasteiger partial charge in [-0.3, -0.25) is 9.80 Å². The summed E-state index contributed by atoms with van der Waals surface area (Å²) in [7, 11) is 4.16. The number of carbonyl (C=O) groups is 2. The molecule has 0 saturated carbocycles. The Morgan fingerprint density at radius 3 is 1.84 bits per heavy atom. The van der Waals surface area contributed by atoms with E-state index in [2.05, 4.69) is 65.2 Å². The number of piperazine rings is 1. The van der Waals surface area contributed by atoms with Crippen LogP contribution in [0.15, 0.2) is 42.5 Å². The number of fused-ring (bicyclic) bond motifs is 1. The van der Waals surface area contributed by atoms with Gasteiger partial charge in [0.15, 0.2) is 11.5 Å². The molecule has 2 N–H and O–H groups in total. The first-order valence-corrected chi connectivity index (χ1v) is 10.4. The van der Waals surface area contributed by atoms with E-state index in [1.807, 2.05) is 6.07 Å². The summed E-state index contributed by atoms with van der Waals surface area (Å²) in [6.07, 6.45) is 0. The molecular weight excluding hydrogens is 414 g/mol. The van der Waals surface area contributed by atoms with Crippen LogP contribution in [0.2, 0.25) is 0 Å². The average Bonchev–Trinajstić information content (AvgIpc) is 3.24. The minimum absolute atomic E-state index is 0.340. The molecule has 0 atom stereocenters. The van der Waals surface area contributed by atoms with Crippen molar-refractivity contribution < 1.29 is 29.3 Å². The number of ether oxygens (including phenoxy) is 2. The van der Waals surface area contributed by atoms with Gasteiger partial charge >= 0.3 is 11.9 Å². The van der Waals surface area contributed by atoms with Gasteiger partial charge in [0, 0.05) is 59.1 Å². The molecule has 172 valence electrons. The number of nitrogens with zero attached hydrogens (tertiary/aromatic N) is 3. The van der Waals surface area contributed by atoms with Crippen LogP contribution >= 0.6 is 0 Å². The molecule has 0 spiro atoms. The van der Waals surface area contributed by atoms with E-state index in [0.717, 1.165) is 50.8 Å². The number of hydrogen-bond donors (Lipinski definition) is 2. The number of aliphatic carboxylic acids is 2. The molecule has 0 unspecified atom stereocenters. The third-order valence-corrected chi connectivity index (χ3v) is 5.35. The number of benzene rings is 2. The van der Waals surface area contributed by atoms with Gasteiger partial charge < -0.3 is 24.6 Å². The first kappa shape index (κ1) is 23.4. The van der Waals surface area contributed by atoms with E-state index >= 15 is 0 Å². The molecule has 2 aliphatic rings. The number of rotatable bonds is 5. The van der Waals surface area contributed by atoms with Crippen LogP contribution in [0.5, 0.6) is 11.5 Å². The molecule has 1 fully saturated rings. The fraction of sp³-hybridized carbons (Fsp3) is 0.391. The molecule has 4 rings (SSSR count). The van der Waals surface area contributed by atoms with E-state index in [-0.39, 0.29) is 0 Å². The minimum atomic E-state index is -1.82. The molecule has 2 aromatic carbocycles. The van der Waals surface area contributed by atoms with Gasteiger partial charge in [-0.25, -0.2) is 9.59 Å². The van der Waals surface area contributed by atoms with Gasteiger partial charge in [0.1, 0.15) is 0 Å². The summed E-state index contributed by atoms with van der Waals surface area (Å²) in [5, 5.41) is 14.8. The van der Waals surface area contributed by atoms with Crippen LogP contribution in [0.25, 0.3) is 0 Å². The van der Waals surface area contributed by atoms with Crippen molar-refractivity contribution >= 4 is 17.6 Å². The monoisotopic (exact) mass is 443 g/mol. The lowest BCUT2D eigenvalue weighted by atomic mass is 10.1. The highest BCUT2D eigenvalue weighted by atomic mass is 16.7. The number of hydrogen-bond acceptors (Lipinski definition) is 7. The van der Waals surface area contributed by atoms with Crippen molar-refractivity contribution in [2.24, 2.45) is 0 Å². The normalized spacial score (nSPS) is 15.6. The molecule has 0 aliphatic carbocycles. The summed E-state index contributed by atoms with van der Waals surface area (Å²) < 4.78 is 10.9. The Hall–Kier alpha value is -3.30. The van der Waals surface area contributed by atoms with Crippen molar-refractivity contribution in [3.05, 3.63) is 53.6 Å². The highest BCUT2D eigenvalue weighted by Gasteiger charge is 2.19. The van der Waals surface area contributed by atoms with Crippen LogP contribution in [-0.4, -0.2) is 79.0 Å². The van der Waals surface area contributed by atoms with Crippen molar-refractivity contribution in [1.29, 1.82) is 0 Å². The molecule has 9 heteroatoms. The number of carboxylic acid groups (broad SMARTS) is 2. The Kier molecular flexibility index (Phi) is 7.91. The second-order valence-electron chi connectivity index (χ2n) is 7.91. The highest BCUT2D eigenvalue weighted by Crippen LogP contribution is 2.32. The number of carboxylic acids is 2. The lowest BCUT2D eigenvalue weighted by Crippen LogP contribution is -2.45. The molecule has 0 aromatic heterocycles. The van der Waals surface area contributed by atoms with E-state index < -0.39 is 11.9 Å². The molecule has 1 saturated heterocycles. The Balaban J connectivity index is 0.000000427. The zero-order valence-electron chi connectivity index (χ0n) is 18.4. The Morgan fingerprint density at radius 2 is 1.31 bits per heavy atom. The second kappa shape index (κ2) is 10.8. The van der Waals surface area contributed by atoms with Crippen molar-refractivity contribution in [3.8, 4) is 11.5 Å². The first-order chi connectivity index (χ1) is 15.3. The SMILES string of the molecule is CN(C)c1ccc(CN2CCN(Cc3ccc4c(c3)OCO4)CC2)cc1.O=C(O)C(=O)O. The van der Waals surface area contributed by atoms with Crippen LogP contribution in [0.3, 0.4) is 0 Å². The van der Waals surface area contributed by atoms with Crippen molar-refractivity contribution in [3.63, 3.8) is 0 Å². The van der Waals surface area contributed by atoms with Gasteiger partial charge in [-0.15, -0.1) is 0 Å². The summed E-state index contributed by atoms with van der Waals surface area (Å²) in [6.45, 7) is 6.77. The van der Waals surface area contributed by atoms with Gasteiger partial charge in [0.2, 0.25) is 6.79 Å². The maximum absolute atomic E-state index is 9.10. The quantitative estimate of drug-likeness (QED) is 0.671. The fourth-order valence-corrected chi connectivity index (χ4v) is 3.56. The summed E-state index contributed by atoms with van der Waals surface area (Å²) >= 11 is 0. The predicted octanol–water partition coefficient (Wildman–Crippen LogP) is 1.95. The molecule has 0 radical (unpaired) electrons. The van der Waals surface area contributed by atoms with Crippen LogP contribution in [0, 0.1) is 0 Å². The maximum atomic E-state index is 9.10. The van der Waals surface area contributed by atoms with Crippen molar-refractivity contribution in [2.45, 2.75) is 13.1 Å². The molecule has 2 heterocycles. The highest BCUT2D eigenvalue weighted by molar-refractivity contribution is 6.27. The lowest BCUT2D eigenvalue weighted by Gasteiger charge is -2.34.